The number of hydrogen-bond acceptors (Lipinski definition) is 7. The van der Waals surface area contributed by atoms with Crippen LogP contribution in [-0.2, 0) is 19.5 Å². The second kappa shape index (κ2) is 9.78. The number of Topliss-reactive ketones (excluding diaryl/α,β-unsaturated/α-hetero) is 1. The van der Waals surface area contributed by atoms with Gasteiger partial charge in [-0.3, -0.25) is 4.79 Å². The number of nitrogens with zero attached hydrogens (tertiary/aromatic N) is 1. The second-order valence-electron chi connectivity index (χ2n) is 6.80. The Morgan fingerprint density at radius 3 is 2.29 bits per heavy atom. The second-order valence-corrected chi connectivity index (χ2v) is 9.12. The molecule has 1 aliphatic heterocycles. The monoisotopic (exact) mass is 467 g/mol. The lowest BCUT2D eigenvalue weighted by Gasteiger charge is -2.26. The molecule has 31 heavy (non-hydrogen) atoms. The highest BCUT2D eigenvalue weighted by Crippen LogP contribution is 2.27. The van der Waals surface area contributed by atoms with Crippen molar-refractivity contribution in [2.45, 2.75) is 17.9 Å². The Morgan fingerprint density at radius 1 is 1.06 bits per heavy atom. The average molecular weight is 468 g/mol. The Hall–Kier alpha value is -2.46. The molecule has 1 aliphatic rings. The number of methoxy groups -OCH3 is 1. The van der Waals surface area contributed by atoms with Crippen LogP contribution in [0.15, 0.2) is 47.4 Å². The van der Waals surface area contributed by atoms with Crippen molar-refractivity contribution in [3.63, 3.8) is 0 Å². The predicted molar refractivity (Wildman–Crippen MR) is 113 cm³/mol. The van der Waals surface area contributed by atoms with E-state index in [0.717, 1.165) is 0 Å². The molecule has 1 unspecified atom stereocenters. The zero-order chi connectivity index (χ0) is 22.6. The van der Waals surface area contributed by atoms with Gasteiger partial charge in [0.1, 0.15) is 10.6 Å². The van der Waals surface area contributed by atoms with Crippen LogP contribution in [0, 0.1) is 0 Å². The van der Waals surface area contributed by atoms with Gasteiger partial charge in [-0.15, -0.1) is 0 Å². The van der Waals surface area contributed by atoms with Crippen molar-refractivity contribution in [1.82, 2.24) is 4.31 Å². The van der Waals surface area contributed by atoms with Crippen LogP contribution < -0.4 is 4.74 Å². The highest BCUT2D eigenvalue weighted by atomic mass is 35.5. The number of rotatable bonds is 7. The largest absolute Gasteiger partial charge is 0.497 e. The van der Waals surface area contributed by atoms with Gasteiger partial charge in [0.05, 0.1) is 30.9 Å². The van der Waals surface area contributed by atoms with E-state index in [1.807, 2.05) is 0 Å². The summed E-state index contributed by atoms with van der Waals surface area (Å²) in [7, 11) is -2.39. The molecule has 0 aliphatic carbocycles. The van der Waals surface area contributed by atoms with Gasteiger partial charge in [0.25, 0.3) is 0 Å². The molecule has 10 heteroatoms. The molecular weight excluding hydrogens is 446 g/mol. The Kier molecular flexibility index (Phi) is 7.32. The highest BCUT2D eigenvalue weighted by Gasteiger charge is 2.30. The molecule has 0 amide bonds. The zero-order valence-corrected chi connectivity index (χ0v) is 18.6. The average Bonchev–Trinajstić information content (AvgIpc) is 2.79. The zero-order valence-electron chi connectivity index (χ0n) is 17.0. The van der Waals surface area contributed by atoms with Gasteiger partial charge in [-0.25, -0.2) is 13.2 Å². The van der Waals surface area contributed by atoms with Crippen molar-refractivity contribution < 1.29 is 32.2 Å². The van der Waals surface area contributed by atoms with Gasteiger partial charge in [0, 0.05) is 18.7 Å². The summed E-state index contributed by atoms with van der Waals surface area (Å²) in [5.74, 6) is -0.632. The minimum Gasteiger partial charge on any atom is -0.497 e. The lowest BCUT2D eigenvalue weighted by atomic mass is 10.1. The number of halogens is 1. The molecule has 3 rings (SSSR count). The van der Waals surface area contributed by atoms with E-state index in [0.29, 0.717) is 11.3 Å². The van der Waals surface area contributed by atoms with Crippen LogP contribution in [0.1, 0.15) is 27.6 Å². The molecule has 1 fully saturated rings. The standard InChI is InChI=1S/C21H22ClNO7S/c1-14(20(24)15-3-6-17(28-2)7-4-15)30-21(25)16-5-8-18(22)19(13-16)31(26,27)23-9-11-29-12-10-23/h3-8,13-14H,9-12H2,1-2H3. The summed E-state index contributed by atoms with van der Waals surface area (Å²) in [4.78, 5) is 24.9. The number of esters is 1. The summed E-state index contributed by atoms with van der Waals surface area (Å²) in [6.07, 6.45) is -1.07. The van der Waals surface area contributed by atoms with Crippen molar-refractivity contribution in [2.24, 2.45) is 0 Å². The molecule has 0 bridgehead atoms. The summed E-state index contributed by atoms with van der Waals surface area (Å²) in [5.41, 5.74) is 0.332. The smallest absolute Gasteiger partial charge is 0.338 e. The van der Waals surface area contributed by atoms with Crippen LogP contribution in [0.4, 0.5) is 0 Å². The molecule has 0 saturated carbocycles. The number of hydrogen-bond donors (Lipinski definition) is 0. The van der Waals surface area contributed by atoms with Crippen molar-refractivity contribution in [1.29, 1.82) is 0 Å². The van der Waals surface area contributed by atoms with Crippen molar-refractivity contribution in [3.8, 4) is 5.75 Å². The summed E-state index contributed by atoms with van der Waals surface area (Å²) < 4.78 is 42.6. The van der Waals surface area contributed by atoms with Gasteiger partial charge in [-0.2, -0.15) is 4.31 Å². The van der Waals surface area contributed by atoms with Crippen LogP contribution in [0.3, 0.4) is 0 Å². The van der Waals surface area contributed by atoms with E-state index in [9.17, 15) is 18.0 Å². The molecular formula is C21H22ClNO7S. The van der Waals surface area contributed by atoms with Crippen molar-refractivity contribution >= 4 is 33.4 Å². The van der Waals surface area contributed by atoms with E-state index < -0.39 is 27.9 Å². The van der Waals surface area contributed by atoms with Gasteiger partial charge >= 0.3 is 5.97 Å². The van der Waals surface area contributed by atoms with Crippen LogP contribution in [0.25, 0.3) is 0 Å². The number of ketones is 1. The van der Waals surface area contributed by atoms with Gasteiger partial charge in [0.2, 0.25) is 15.8 Å². The molecule has 1 heterocycles. The van der Waals surface area contributed by atoms with E-state index in [2.05, 4.69) is 0 Å². The fourth-order valence-electron chi connectivity index (χ4n) is 3.03. The van der Waals surface area contributed by atoms with Crippen LogP contribution in [0.2, 0.25) is 5.02 Å². The lowest BCUT2D eigenvalue weighted by Crippen LogP contribution is -2.40. The van der Waals surface area contributed by atoms with E-state index in [-0.39, 0.29) is 41.8 Å². The Bertz CT molecular complexity index is 1060. The fourth-order valence-corrected chi connectivity index (χ4v) is 4.93. The minimum absolute atomic E-state index is 0.00889. The molecule has 166 valence electrons. The third kappa shape index (κ3) is 5.24. The third-order valence-corrected chi connectivity index (χ3v) is 7.16. The molecule has 2 aromatic carbocycles. The SMILES string of the molecule is COc1ccc(C(=O)C(C)OC(=O)c2ccc(Cl)c(S(=O)(=O)N3CCOCC3)c2)cc1. The maximum Gasteiger partial charge on any atom is 0.338 e. The maximum absolute atomic E-state index is 12.9. The third-order valence-electron chi connectivity index (χ3n) is 4.78. The first-order valence-corrected chi connectivity index (χ1v) is 11.3. The minimum atomic E-state index is -3.91. The van der Waals surface area contributed by atoms with Gasteiger partial charge in [0.15, 0.2) is 6.10 Å². The molecule has 0 aromatic heterocycles. The Balaban J connectivity index is 1.77. The number of carbonyl (C=O) groups is 2. The Labute approximate surface area is 185 Å². The summed E-state index contributed by atoms with van der Waals surface area (Å²) >= 11 is 6.11. The number of benzene rings is 2. The molecule has 1 saturated heterocycles. The first kappa shape index (κ1) is 23.2. The maximum atomic E-state index is 12.9. The Morgan fingerprint density at radius 2 is 1.68 bits per heavy atom. The van der Waals surface area contributed by atoms with Crippen LogP contribution in [0.5, 0.6) is 5.75 Å². The van der Waals surface area contributed by atoms with E-state index >= 15 is 0 Å². The predicted octanol–water partition coefficient (Wildman–Crippen LogP) is 2.80. The lowest BCUT2D eigenvalue weighted by molar-refractivity contribution is 0.0318. The van der Waals surface area contributed by atoms with E-state index in [1.165, 1.54) is 36.5 Å². The molecule has 8 nitrogen and oxygen atoms in total. The highest BCUT2D eigenvalue weighted by molar-refractivity contribution is 7.89. The fraction of sp³-hybridized carbons (Fsp3) is 0.333. The molecule has 2 aromatic rings. The quantitative estimate of drug-likeness (QED) is 0.456. The van der Waals surface area contributed by atoms with Gasteiger partial charge in [-0.05, 0) is 49.4 Å². The van der Waals surface area contributed by atoms with E-state index in [4.69, 9.17) is 25.8 Å². The summed E-state index contributed by atoms with van der Waals surface area (Å²) in [6, 6.07) is 10.2. The topological polar surface area (TPSA) is 99.2 Å². The number of morpholine rings is 1. The molecule has 0 N–H and O–H groups in total. The van der Waals surface area contributed by atoms with E-state index in [1.54, 1.807) is 24.3 Å². The van der Waals surface area contributed by atoms with Crippen LogP contribution >= 0.6 is 11.6 Å². The van der Waals surface area contributed by atoms with Gasteiger partial charge in [-0.1, -0.05) is 11.6 Å². The van der Waals surface area contributed by atoms with Crippen molar-refractivity contribution in [2.75, 3.05) is 33.4 Å². The molecule has 1 atom stereocenters. The molecule has 0 radical (unpaired) electrons. The first-order valence-electron chi connectivity index (χ1n) is 9.50. The molecule has 0 spiro atoms. The summed E-state index contributed by atoms with van der Waals surface area (Å²) in [6.45, 7) is 2.40. The number of ether oxygens (including phenoxy) is 3. The normalized spacial score (nSPS) is 15.8. The summed E-state index contributed by atoms with van der Waals surface area (Å²) in [5, 5.41) is -0.00889. The number of carbonyl (C=O) groups excluding carboxylic acids is 2. The number of sulfonamides is 1. The van der Waals surface area contributed by atoms with Gasteiger partial charge < -0.3 is 14.2 Å². The first-order chi connectivity index (χ1) is 14.7. The van der Waals surface area contributed by atoms with Crippen molar-refractivity contribution in [3.05, 3.63) is 58.6 Å². The van der Waals surface area contributed by atoms with Crippen LogP contribution in [-0.4, -0.2) is 64.0 Å².